The first kappa shape index (κ1) is 32.2. The first-order valence-corrected chi connectivity index (χ1v) is 13.9. The maximum Gasteiger partial charge on any atom is 0.407 e. The number of benzene rings is 2. The number of carbonyl (C=O) groups is 3. The fraction of sp³-hybridized carbons (Fsp3) is 0.452. The monoisotopic (exact) mass is 584 g/mol. The predicted molar refractivity (Wildman–Crippen MR) is 159 cm³/mol. The molecule has 4 N–H and O–H groups in total. The number of ether oxygens (including phenoxy) is 3. The van der Waals surface area contributed by atoms with Gasteiger partial charge < -0.3 is 35.1 Å². The summed E-state index contributed by atoms with van der Waals surface area (Å²) in [6.07, 6.45) is -0.222. The van der Waals surface area contributed by atoms with Crippen molar-refractivity contribution >= 4 is 29.0 Å². The molecule has 2 aromatic carbocycles. The number of para-hydroxylation sites is 1. The molecule has 0 saturated heterocycles. The van der Waals surface area contributed by atoms with Crippen LogP contribution in [0.4, 0.5) is 14.0 Å². The Hall–Kier alpha value is -4.28. The van der Waals surface area contributed by atoms with Gasteiger partial charge in [0, 0.05) is 30.1 Å². The van der Waals surface area contributed by atoms with Crippen LogP contribution >= 0.6 is 0 Å². The average Bonchev–Trinajstić information content (AvgIpc) is 3.27. The third kappa shape index (κ3) is 9.39. The summed E-state index contributed by atoms with van der Waals surface area (Å²) in [4.78, 5) is 41.3. The van der Waals surface area contributed by atoms with Crippen LogP contribution in [0.15, 0.2) is 42.5 Å². The summed E-state index contributed by atoms with van der Waals surface area (Å²) >= 11 is 0. The summed E-state index contributed by atoms with van der Waals surface area (Å²) in [6.45, 7) is 11.0. The summed E-state index contributed by atoms with van der Waals surface area (Å²) in [5.74, 6) is -0.258. The summed E-state index contributed by atoms with van der Waals surface area (Å²) in [7, 11) is 1.54. The molecule has 10 nitrogen and oxygen atoms in total. The van der Waals surface area contributed by atoms with E-state index < -0.39 is 35.3 Å². The van der Waals surface area contributed by atoms with Gasteiger partial charge in [0.05, 0.1) is 12.6 Å². The van der Waals surface area contributed by atoms with E-state index in [1.165, 1.54) is 19.2 Å². The van der Waals surface area contributed by atoms with Crippen LogP contribution in [-0.2, 0) is 9.47 Å². The SMILES string of the molecule is COc1cccc2c(-c3ccc(F)cc3)c(C(=O)NC[C@H](CCCNC(=O)OC(C)(C)C)NC(=O)OC(C)(C)C)[nH]c12. The van der Waals surface area contributed by atoms with Crippen LogP contribution in [0.2, 0.25) is 0 Å². The number of aromatic nitrogens is 1. The molecule has 1 aromatic heterocycles. The van der Waals surface area contributed by atoms with Crippen LogP contribution in [0.5, 0.6) is 5.75 Å². The summed E-state index contributed by atoms with van der Waals surface area (Å²) in [6, 6.07) is 10.8. The van der Waals surface area contributed by atoms with Gasteiger partial charge in [0.2, 0.25) is 0 Å². The summed E-state index contributed by atoms with van der Waals surface area (Å²) < 4.78 is 29.9. The number of hydrogen-bond acceptors (Lipinski definition) is 6. The number of amides is 3. The number of aromatic amines is 1. The van der Waals surface area contributed by atoms with Crippen molar-refractivity contribution in [2.45, 2.75) is 71.6 Å². The fourth-order valence-corrected chi connectivity index (χ4v) is 4.30. The van der Waals surface area contributed by atoms with Gasteiger partial charge in [-0.15, -0.1) is 0 Å². The molecule has 3 aromatic rings. The molecule has 0 fully saturated rings. The highest BCUT2D eigenvalue weighted by atomic mass is 19.1. The van der Waals surface area contributed by atoms with Crippen LogP contribution in [0.1, 0.15) is 64.9 Å². The number of nitrogens with one attached hydrogen (secondary N) is 4. The van der Waals surface area contributed by atoms with Gasteiger partial charge in [-0.3, -0.25) is 4.79 Å². The molecule has 0 aliphatic heterocycles. The van der Waals surface area contributed by atoms with Crippen LogP contribution < -0.4 is 20.7 Å². The van der Waals surface area contributed by atoms with E-state index in [9.17, 15) is 18.8 Å². The third-order valence-corrected chi connectivity index (χ3v) is 6.00. The van der Waals surface area contributed by atoms with E-state index in [1.54, 1.807) is 59.7 Å². The van der Waals surface area contributed by atoms with E-state index >= 15 is 0 Å². The Balaban J connectivity index is 1.78. The molecule has 0 saturated carbocycles. The van der Waals surface area contributed by atoms with Gasteiger partial charge in [-0.2, -0.15) is 0 Å². The summed E-state index contributed by atoms with van der Waals surface area (Å²) in [5, 5.41) is 9.15. The lowest BCUT2D eigenvalue weighted by Gasteiger charge is -2.24. The van der Waals surface area contributed by atoms with Crippen molar-refractivity contribution in [3.05, 3.63) is 54.0 Å². The minimum atomic E-state index is -0.705. The topological polar surface area (TPSA) is 131 Å². The van der Waals surface area contributed by atoms with Crippen molar-refractivity contribution < 1.29 is 33.0 Å². The molecule has 3 rings (SSSR count). The van der Waals surface area contributed by atoms with Crippen LogP contribution in [0.3, 0.4) is 0 Å². The van der Waals surface area contributed by atoms with Crippen molar-refractivity contribution in [1.82, 2.24) is 20.9 Å². The van der Waals surface area contributed by atoms with Gasteiger partial charge in [0.1, 0.15) is 28.5 Å². The van der Waals surface area contributed by atoms with Crippen molar-refractivity contribution in [2.75, 3.05) is 20.2 Å². The molecule has 0 aliphatic rings. The maximum absolute atomic E-state index is 13.7. The smallest absolute Gasteiger partial charge is 0.407 e. The largest absolute Gasteiger partial charge is 0.495 e. The number of H-pyrrole nitrogens is 1. The molecule has 42 heavy (non-hydrogen) atoms. The standard InChI is InChI=1S/C31H41FN4O6/c1-30(2,3)41-28(38)33-17-9-10-21(35-29(39)42-31(4,5)6)18-34-27(37)26-24(19-13-15-20(32)16-14-19)22-11-8-12-23(40-7)25(22)36-26/h8,11-16,21,36H,9-10,17-18H2,1-7H3,(H,33,38)(H,34,37)(H,35,39)/t21-/m0/s1. The Labute approximate surface area is 245 Å². The van der Waals surface area contributed by atoms with E-state index in [-0.39, 0.29) is 18.1 Å². The molecule has 0 unspecified atom stereocenters. The molecule has 0 bridgehead atoms. The van der Waals surface area contributed by atoms with E-state index in [1.807, 2.05) is 12.1 Å². The maximum atomic E-state index is 13.7. The first-order valence-electron chi connectivity index (χ1n) is 13.9. The van der Waals surface area contributed by atoms with E-state index in [4.69, 9.17) is 14.2 Å². The van der Waals surface area contributed by atoms with Crippen molar-refractivity contribution in [3.63, 3.8) is 0 Å². The Kier molecular flexibility index (Phi) is 10.4. The van der Waals surface area contributed by atoms with Gasteiger partial charge >= 0.3 is 12.2 Å². The second-order valence-corrected chi connectivity index (χ2v) is 11.9. The number of halogens is 1. The zero-order chi connectivity index (χ0) is 31.1. The molecule has 0 aliphatic carbocycles. The lowest BCUT2D eigenvalue weighted by molar-refractivity contribution is 0.0487. The fourth-order valence-electron chi connectivity index (χ4n) is 4.30. The number of methoxy groups -OCH3 is 1. The molecule has 3 amide bonds. The van der Waals surface area contributed by atoms with Gasteiger partial charge in [0.15, 0.2) is 0 Å². The molecular formula is C31H41FN4O6. The molecule has 228 valence electrons. The second-order valence-electron chi connectivity index (χ2n) is 11.9. The molecular weight excluding hydrogens is 543 g/mol. The minimum absolute atomic E-state index is 0.0832. The first-order chi connectivity index (χ1) is 19.7. The molecule has 1 atom stereocenters. The number of carbonyl (C=O) groups excluding carboxylic acids is 3. The Morgan fingerprint density at radius 2 is 1.55 bits per heavy atom. The van der Waals surface area contributed by atoms with Gasteiger partial charge in [-0.05, 0) is 78.1 Å². The van der Waals surface area contributed by atoms with Crippen molar-refractivity contribution in [3.8, 4) is 16.9 Å². The Morgan fingerprint density at radius 3 is 2.17 bits per heavy atom. The highest BCUT2D eigenvalue weighted by Gasteiger charge is 2.24. The predicted octanol–water partition coefficient (Wildman–Crippen LogP) is 5.91. The summed E-state index contributed by atoms with van der Waals surface area (Å²) in [5.41, 5.74) is 0.820. The van der Waals surface area contributed by atoms with Crippen LogP contribution in [-0.4, -0.2) is 60.5 Å². The number of rotatable bonds is 10. The Bertz CT molecular complexity index is 1390. The second kappa shape index (κ2) is 13.6. The normalized spacial score (nSPS) is 12.4. The molecule has 1 heterocycles. The van der Waals surface area contributed by atoms with Gasteiger partial charge in [-0.25, -0.2) is 14.0 Å². The number of fused-ring (bicyclic) bond motifs is 1. The van der Waals surface area contributed by atoms with Crippen molar-refractivity contribution in [1.29, 1.82) is 0 Å². The van der Waals surface area contributed by atoms with Gasteiger partial charge in [0.25, 0.3) is 5.91 Å². The Morgan fingerprint density at radius 1 is 0.905 bits per heavy atom. The van der Waals surface area contributed by atoms with Crippen LogP contribution in [0.25, 0.3) is 22.0 Å². The van der Waals surface area contributed by atoms with Gasteiger partial charge in [-0.1, -0.05) is 24.3 Å². The highest BCUT2D eigenvalue weighted by Crippen LogP contribution is 2.36. The highest BCUT2D eigenvalue weighted by molar-refractivity contribution is 6.11. The average molecular weight is 585 g/mol. The lowest BCUT2D eigenvalue weighted by Crippen LogP contribution is -2.46. The molecule has 0 radical (unpaired) electrons. The van der Waals surface area contributed by atoms with E-state index in [0.717, 1.165) is 5.39 Å². The van der Waals surface area contributed by atoms with E-state index in [2.05, 4.69) is 20.9 Å². The molecule has 11 heteroatoms. The third-order valence-electron chi connectivity index (χ3n) is 6.00. The van der Waals surface area contributed by atoms with Crippen LogP contribution in [0, 0.1) is 5.82 Å². The number of hydrogen-bond donors (Lipinski definition) is 4. The van der Waals surface area contributed by atoms with E-state index in [0.29, 0.717) is 41.8 Å². The zero-order valence-corrected chi connectivity index (χ0v) is 25.3. The zero-order valence-electron chi connectivity index (χ0n) is 25.3. The number of alkyl carbamates (subject to hydrolysis) is 2. The van der Waals surface area contributed by atoms with Crippen molar-refractivity contribution in [2.24, 2.45) is 0 Å². The molecule has 0 spiro atoms. The quantitative estimate of drug-likeness (QED) is 0.219. The lowest BCUT2D eigenvalue weighted by atomic mass is 10.0. The minimum Gasteiger partial charge on any atom is -0.495 e.